The van der Waals surface area contributed by atoms with Crippen LogP contribution in [0.1, 0.15) is 75.8 Å². The van der Waals surface area contributed by atoms with Crippen molar-refractivity contribution < 1.29 is 0 Å². The van der Waals surface area contributed by atoms with E-state index in [9.17, 15) is 5.26 Å². The molecule has 3 aliphatic carbocycles. The van der Waals surface area contributed by atoms with Gasteiger partial charge in [-0.2, -0.15) is 5.26 Å². The molecule has 10 rings (SSSR count). The third kappa shape index (κ3) is 5.71. The molecule has 270 valence electrons. The number of nitriles is 1. The molecule has 3 aliphatic rings. The second-order valence-electron chi connectivity index (χ2n) is 15.1. The Hall–Kier alpha value is -6.68. The molecule has 0 atom stereocenters. The van der Waals surface area contributed by atoms with E-state index in [1.165, 1.54) is 44.1 Å². The highest BCUT2D eigenvalue weighted by Gasteiger charge is 2.39. The fraction of sp³-hybridized carbons (Fsp3) is 0.170. The number of hydrogen-bond acceptors (Lipinski definition) is 2. The Morgan fingerprint density at radius 2 is 1.52 bits per heavy atom. The van der Waals surface area contributed by atoms with Gasteiger partial charge in [-0.05, 0) is 137 Å². The summed E-state index contributed by atoms with van der Waals surface area (Å²) in [6, 6.07) is 47.2. The molecular weight excluding hydrogens is 679 g/mol. The Kier molecular flexibility index (Phi) is 8.88. The van der Waals surface area contributed by atoms with Gasteiger partial charge in [-0.1, -0.05) is 118 Å². The Bertz CT molecular complexity index is 2850. The van der Waals surface area contributed by atoms with E-state index in [0.29, 0.717) is 5.56 Å². The van der Waals surface area contributed by atoms with E-state index in [1.807, 2.05) is 50.2 Å². The number of aromatic nitrogens is 2. The molecule has 0 unspecified atom stereocenters. The van der Waals surface area contributed by atoms with Crippen LogP contribution in [0.15, 0.2) is 145 Å². The molecule has 0 fully saturated rings. The van der Waals surface area contributed by atoms with Gasteiger partial charge in [0.2, 0.25) is 0 Å². The molecule has 0 bridgehead atoms. The lowest BCUT2D eigenvalue weighted by molar-refractivity contribution is 0.612. The average molecular weight is 722 g/mol. The Morgan fingerprint density at radius 1 is 0.732 bits per heavy atom. The number of benzene rings is 4. The first-order valence-electron chi connectivity index (χ1n) is 19.9. The molecule has 5 aromatic carbocycles. The van der Waals surface area contributed by atoms with Gasteiger partial charge in [0.15, 0.2) is 0 Å². The fourth-order valence-corrected chi connectivity index (χ4v) is 9.16. The van der Waals surface area contributed by atoms with Crippen LogP contribution in [0.5, 0.6) is 0 Å². The van der Waals surface area contributed by atoms with Crippen molar-refractivity contribution in [2.75, 3.05) is 0 Å². The third-order valence-electron chi connectivity index (χ3n) is 11.7. The summed E-state index contributed by atoms with van der Waals surface area (Å²) < 4.78 is 2.44. The second-order valence-corrected chi connectivity index (χ2v) is 15.1. The summed E-state index contributed by atoms with van der Waals surface area (Å²) in [5.41, 5.74) is 17.9. The minimum Gasteiger partial charge on any atom is -0.309 e. The minimum absolute atomic E-state index is 0.0813. The molecule has 0 spiro atoms. The predicted molar refractivity (Wildman–Crippen MR) is 233 cm³/mol. The highest BCUT2D eigenvalue weighted by atomic mass is 15.0. The van der Waals surface area contributed by atoms with Crippen LogP contribution in [0.3, 0.4) is 0 Å². The monoisotopic (exact) mass is 721 g/mol. The number of para-hydroxylation sites is 1. The largest absolute Gasteiger partial charge is 0.309 e. The molecule has 0 amide bonds. The lowest BCUT2D eigenvalue weighted by Gasteiger charge is -2.26. The number of allylic oxidation sites excluding steroid dienone is 8. The van der Waals surface area contributed by atoms with E-state index < -0.39 is 0 Å². The van der Waals surface area contributed by atoms with Crippen molar-refractivity contribution in [1.82, 2.24) is 9.55 Å². The average Bonchev–Trinajstić information content (AvgIpc) is 3.73. The van der Waals surface area contributed by atoms with E-state index in [0.717, 1.165) is 70.6 Å². The van der Waals surface area contributed by atoms with E-state index in [2.05, 4.69) is 140 Å². The summed E-state index contributed by atoms with van der Waals surface area (Å²) in [6.07, 6.45) is 15.3. The molecule has 7 aromatic rings. The number of pyridine rings is 1. The topological polar surface area (TPSA) is 41.6 Å². The van der Waals surface area contributed by atoms with Gasteiger partial charge >= 0.3 is 0 Å². The van der Waals surface area contributed by atoms with Gasteiger partial charge in [0.1, 0.15) is 0 Å². The summed E-state index contributed by atoms with van der Waals surface area (Å²) >= 11 is 0. The molecule has 0 saturated heterocycles. The van der Waals surface area contributed by atoms with E-state index in [-0.39, 0.29) is 5.41 Å². The second kappa shape index (κ2) is 14.2. The van der Waals surface area contributed by atoms with Crippen LogP contribution < -0.4 is 0 Å². The van der Waals surface area contributed by atoms with Crippen LogP contribution in [0, 0.1) is 23.5 Å². The van der Waals surface area contributed by atoms with Gasteiger partial charge in [-0.15, -0.1) is 0 Å². The zero-order valence-electron chi connectivity index (χ0n) is 32.4. The first-order valence-corrected chi connectivity index (χ1v) is 19.9. The maximum atomic E-state index is 10.3. The van der Waals surface area contributed by atoms with Crippen molar-refractivity contribution in [3.05, 3.63) is 180 Å². The standard InChI is InChI=1S/C51H37N3.C2H6/c1-51(2)44-23-13-11-21-41(44)42-25-26-48-49(50(42)51)43-22-12-14-24-47(43)54(48)39-28-36(27-38(29-39)40-20-10-9-19-35(40)32-52)37-30-45(33-15-5-3-6-16-33)53-46(31-37)34-17-7-4-8-18-34;1-2/h3,5,7,9-12,14-15,17-22,24-31H,6,13,16,23H2,1-2H3;1-2H3. The van der Waals surface area contributed by atoms with Gasteiger partial charge in [0.25, 0.3) is 0 Å². The first kappa shape index (κ1) is 35.0. The zero-order chi connectivity index (χ0) is 38.4. The molecule has 0 radical (unpaired) electrons. The van der Waals surface area contributed by atoms with Crippen LogP contribution in [-0.4, -0.2) is 9.55 Å². The molecule has 0 aliphatic heterocycles. The smallest absolute Gasteiger partial charge is 0.0998 e. The highest BCUT2D eigenvalue weighted by Crippen LogP contribution is 2.54. The summed E-state index contributed by atoms with van der Waals surface area (Å²) in [6.45, 7) is 8.82. The molecule has 0 saturated carbocycles. The van der Waals surface area contributed by atoms with Crippen LogP contribution in [0.4, 0.5) is 0 Å². The fourth-order valence-electron chi connectivity index (χ4n) is 9.16. The van der Waals surface area contributed by atoms with Crippen molar-refractivity contribution in [1.29, 1.82) is 5.26 Å². The third-order valence-corrected chi connectivity index (χ3v) is 11.7. The Labute approximate surface area is 330 Å². The molecular formula is C53H43N3. The van der Waals surface area contributed by atoms with Crippen LogP contribution >= 0.6 is 0 Å². The van der Waals surface area contributed by atoms with Crippen molar-refractivity contribution in [2.24, 2.45) is 0 Å². The molecule has 2 heterocycles. The zero-order valence-corrected chi connectivity index (χ0v) is 32.4. The molecule has 3 heteroatoms. The van der Waals surface area contributed by atoms with E-state index >= 15 is 0 Å². The maximum absolute atomic E-state index is 10.3. The van der Waals surface area contributed by atoms with E-state index in [4.69, 9.17) is 4.98 Å². The number of rotatable bonds is 5. The number of nitrogens with zero attached hydrogens (tertiary/aromatic N) is 3. The summed E-state index contributed by atoms with van der Waals surface area (Å²) in [5, 5.41) is 12.9. The maximum Gasteiger partial charge on any atom is 0.0998 e. The quantitative estimate of drug-likeness (QED) is 0.178. The summed E-state index contributed by atoms with van der Waals surface area (Å²) in [7, 11) is 0. The summed E-state index contributed by atoms with van der Waals surface area (Å²) in [5.74, 6) is 0. The normalized spacial score (nSPS) is 15.1. The lowest BCUT2D eigenvalue weighted by atomic mass is 9.77. The first-order chi connectivity index (χ1) is 27.5. The molecule has 3 nitrogen and oxygen atoms in total. The van der Waals surface area contributed by atoms with Crippen molar-refractivity contribution in [2.45, 2.75) is 58.8 Å². The van der Waals surface area contributed by atoms with Gasteiger partial charge in [-0.25, -0.2) is 4.98 Å². The van der Waals surface area contributed by atoms with Gasteiger partial charge in [0.05, 0.1) is 34.1 Å². The van der Waals surface area contributed by atoms with E-state index in [1.54, 1.807) is 5.57 Å². The van der Waals surface area contributed by atoms with Crippen molar-refractivity contribution in [3.63, 3.8) is 0 Å². The Morgan fingerprint density at radius 3 is 2.34 bits per heavy atom. The van der Waals surface area contributed by atoms with Crippen LogP contribution in [0.2, 0.25) is 0 Å². The van der Waals surface area contributed by atoms with Gasteiger partial charge < -0.3 is 4.57 Å². The predicted octanol–water partition coefficient (Wildman–Crippen LogP) is 13.8. The Balaban J connectivity index is 0.00000202. The van der Waals surface area contributed by atoms with Crippen LogP contribution in [0.25, 0.3) is 72.2 Å². The molecule has 0 N–H and O–H groups in total. The van der Waals surface area contributed by atoms with Gasteiger partial charge in [0, 0.05) is 27.4 Å². The number of hydrogen-bond donors (Lipinski definition) is 0. The molecule has 56 heavy (non-hydrogen) atoms. The van der Waals surface area contributed by atoms with Crippen LogP contribution in [-0.2, 0) is 5.41 Å². The lowest BCUT2D eigenvalue weighted by Crippen LogP contribution is -2.18. The van der Waals surface area contributed by atoms with Crippen molar-refractivity contribution in [3.8, 4) is 45.3 Å². The summed E-state index contributed by atoms with van der Waals surface area (Å²) in [4.78, 5) is 5.20. The minimum atomic E-state index is -0.0813. The molecule has 2 aromatic heterocycles. The SMILES string of the molecule is CC.CC1(C)C2=C(C=CCC2)c2ccc3c(c21)c1ccccc1n3-c1cc(-c2cc(C3=CC=CCC3)nc(-c3cc#ccc3)c2)cc(-c2ccccc2C#N)c1. The van der Waals surface area contributed by atoms with Crippen molar-refractivity contribution >= 4 is 33.0 Å². The van der Waals surface area contributed by atoms with Gasteiger partial charge in [-0.3, -0.25) is 0 Å². The number of fused-ring (bicyclic) bond motifs is 6. The highest BCUT2D eigenvalue weighted by molar-refractivity contribution is 6.14.